The molecule has 20 heavy (non-hydrogen) atoms. The number of benzene rings is 2. The smallest absolute Gasteiger partial charge is 0.0406 e. The van der Waals surface area contributed by atoms with Gasteiger partial charge < -0.3 is 11.1 Å². The molecule has 1 atom stereocenters. The summed E-state index contributed by atoms with van der Waals surface area (Å²) in [5, 5.41) is 4.98. The van der Waals surface area contributed by atoms with Crippen molar-refractivity contribution in [2.45, 2.75) is 19.0 Å². The van der Waals surface area contributed by atoms with Crippen molar-refractivity contribution in [2.24, 2.45) is 5.73 Å². The molecule has 4 heteroatoms. The fourth-order valence-electron chi connectivity index (χ4n) is 2.01. The molecule has 0 amide bonds. The van der Waals surface area contributed by atoms with E-state index in [0.717, 1.165) is 23.0 Å². The van der Waals surface area contributed by atoms with E-state index in [9.17, 15) is 0 Å². The highest BCUT2D eigenvalue weighted by Crippen LogP contribution is 2.12. The fourth-order valence-corrected chi connectivity index (χ4v) is 2.26. The molecule has 0 aromatic heterocycles. The minimum atomic E-state index is 0.242. The highest BCUT2D eigenvalue weighted by Gasteiger charge is 2.07. The average Bonchev–Trinajstić information content (AvgIpc) is 2.47. The molecule has 0 saturated carbocycles. The second kappa shape index (κ2) is 7.65. The van der Waals surface area contributed by atoms with E-state index in [1.54, 1.807) is 0 Å². The number of nitrogens with one attached hydrogen (secondary N) is 1. The molecule has 0 saturated heterocycles. The molecule has 0 spiro atoms. The summed E-state index contributed by atoms with van der Waals surface area (Å²) in [5.41, 5.74) is 8.26. The largest absolute Gasteiger partial charge is 0.329 e. The number of hydrogen-bond donors (Lipinski definition) is 2. The summed E-state index contributed by atoms with van der Waals surface area (Å²) in [6.45, 7) is 1.38. The Kier molecular flexibility index (Phi) is 5.86. The summed E-state index contributed by atoms with van der Waals surface area (Å²) in [7, 11) is 0. The van der Waals surface area contributed by atoms with Crippen LogP contribution in [0.5, 0.6) is 0 Å². The summed E-state index contributed by atoms with van der Waals surface area (Å²) in [6.07, 6.45) is 0.890. The third-order valence-electron chi connectivity index (χ3n) is 3.19. The predicted molar refractivity (Wildman–Crippen MR) is 86.3 cm³/mol. The quantitative estimate of drug-likeness (QED) is 0.855. The van der Waals surface area contributed by atoms with E-state index in [2.05, 4.69) is 5.32 Å². The Morgan fingerprint density at radius 3 is 1.85 bits per heavy atom. The van der Waals surface area contributed by atoms with Crippen LogP contribution in [0.2, 0.25) is 10.0 Å². The van der Waals surface area contributed by atoms with Crippen LogP contribution in [0.15, 0.2) is 48.5 Å². The first-order valence-corrected chi connectivity index (χ1v) is 7.35. The van der Waals surface area contributed by atoms with E-state index < -0.39 is 0 Å². The minimum Gasteiger partial charge on any atom is -0.329 e. The lowest BCUT2D eigenvalue weighted by molar-refractivity contribution is 0.515. The van der Waals surface area contributed by atoms with Crippen molar-refractivity contribution < 1.29 is 0 Å². The zero-order chi connectivity index (χ0) is 14.4. The van der Waals surface area contributed by atoms with E-state index in [-0.39, 0.29) is 6.04 Å². The van der Waals surface area contributed by atoms with Crippen molar-refractivity contribution in [1.82, 2.24) is 5.32 Å². The SMILES string of the molecule is NCC(Cc1ccc(Cl)cc1)NCc1ccc(Cl)cc1. The Morgan fingerprint density at radius 2 is 1.35 bits per heavy atom. The molecule has 1 unspecified atom stereocenters. The summed E-state index contributed by atoms with van der Waals surface area (Å²) in [6, 6.07) is 16.0. The zero-order valence-corrected chi connectivity index (χ0v) is 12.7. The maximum absolute atomic E-state index is 5.88. The molecule has 0 aliphatic heterocycles. The molecular weight excluding hydrogens is 291 g/mol. The van der Waals surface area contributed by atoms with Gasteiger partial charge in [-0.2, -0.15) is 0 Å². The van der Waals surface area contributed by atoms with Crippen molar-refractivity contribution in [2.75, 3.05) is 6.54 Å². The van der Waals surface area contributed by atoms with Crippen LogP contribution in [0.25, 0.3) is 0 Å². The van der Waals surface area contributed by atoms with Crippen LogP contribution in [0.3, 0.4) is 0 Å². The Bertz CT molecular complexity index is 523. The highest BCUT2D eigenvalue weighted by molar-refractivity contribution is 6.30. The summed E-state index contributed by atoms with van der Waals surface area (Å²) >= 11 is 11.8. The Hall–Kier alpha value is -1.06. The standard InChI is InChI=1S/C16H18Cl2N2/c17-14-5-1-12(2-6-14)9-16(10-19)20-11-13-3-7-15(18)8-4-13/h1-8,16,20H,9-11,19H2. The molecule has 0 aliphatic rings. The van der Waals surface area contributed by atoms with Gasteiger partial charge in [0.15, 0.2) is 0 Å². The van der Waals surface area contributed by atoms with Gasteiger partial charge in [-0.1, -0.05) is 47.5 Å². The van der Waals surface area contributed by atoms with Gasteiger partial charge in [0, 0.05) is 29.2 Å². The van der Waals surface area contributed by atoms with Crippen molar-refractivity contribution in [3.63, 3.8) is 0 Å². The highest BCUT2D eigenvalue weighted by atomic mass is 35.5. The topological polar surface area (TPSA) is 38.0 Å². The average molecular weight is 309 g/mol. The van der Waals surface area contributed by atoms with Crippen LogP contribution in [-0.2, 0) is 13.0 Å². The second-order valence-corrected chi connectivity index (χ2v) is 5.64. The first-order valence-electron chi connectivity index (χ1n) is 6.59. The maximum atomic E-state index is 5.88. The number of nitrogens with two attached hydrogens (primary N) is 1. The molecule has 2 aromatic rings. The molecule has 2 nitrogen and oxygen atoms in total. The van der Waals surface area contributed by atoms with Gasteiger partial charge in [-0.05, 0) is 41.8 Å². The summed E-state index contributed by atoms with van der Waals surface area (Å²) in [5.74, 6) is 0. The monoisotopic (exact) mass is 308 g/mol. The normalized spacial score (nSPS) is 12.3. The van der Waals surface area contributed by atoms with Crippen LogP contribution < -0.4 is 11.1 Å². The Morgan fingerprint density at radius 1 is 0.850 bits per heavy atom. The van der Waals surface area contributed by atoms with Crippen LogP contribution in [0.1, 0.15) is 11.1 Å². The molecule has 2 rings (SSSR count). The van der Waals surface area contributed by atoms with Crippen LogP contribution in [-0.4, -0.2) is 12.6 Å². The maximum Gasteiger partial charge on any atom is 0.0406 e. The molecular formula is C16H18Cl2N2. The summed E-state index contributed by atoms with van der Waals surface area (Å²) < 4.78 is 0. The zero-order valence-electron chi connectivity index (χ0n) is 11.2. The van der Waals surface area contributed by atoms with Crippen molar-refractivity contribution >= 4 is 23.2 Å². The first kappa shape index (κ1) is 15.3. The fraction of sp³-hybridized carbons (Fsp3) is 0.250. The Labute approximate surface area is 129 Å². The summed E-state index contributed by atoms with van der Waals surface area (Å²) in [4.78, 5) is 0. The van der Waals surface area contributed by atoms with Gasteiger partial charge in [-0.25, -0.2) is 0 Å². The van der Waals surface area contributed by atoms with Gasteiger partial charge in [0.05, 0.1) is 0 Å². The third-order valence-corrected chi connectivity index (χ3v) is 3.69. The first-order chi connectivity index (χ1) is 9.67. The van der Waals surface area contributed by atoms with E-state index in [1.807, 2.05) is 48.5 Å². The molecule has 0 fully saturated rings. The van der Waals surface area contributed by atoms with Crippen LogP contribution in [0.4, 0.5) is 0 Å². The third kappa shape index (κ3) is 4.80. The van der Waals surface area contributed by atoms with Crippen molar-refractivity contribution in [3.8, 4) is 0 Å². The van der Waals surface area contributed by atoms with E-state index in [1.165, 1.54) is 11.1 Å². The lowest BCUT2D eigenvalue weighted by Gasteiger charge is -2.17. The van der Waals surface area contributed by atoms with Gasteiger partial charge >= 0.3 is 0 Å². The van der Waals surface area contributed by atoms with Gasteiger partial charge in [0.1, 0.15) is 0 Å². The van der Waals surface area contributed by atoms with E-state index >= 15 is 0 Å². The van der Waals surface area contributed by atoms with Gasteiger partial charge in [0.25, 0.3) is 0 Å². The number of rotatable bonds is 6. The molecule has 3 N–H and O–H groups in total. The predicted octanol–water partition coefficient (Wildman–Crippen LogP) is 3.65. The van der Waals surface area contributed by atoms with Gasteiger partial charge in [-0.15, -0.1) is 0 Å². The molecule has 0 radical (unpaired) electrons. The van der Waals surface area contributed by atoms with E-state index in [0.29, 0.717) is 6.54 Å². The molecule has 0 aliphatic carbocycles. The molecule has 0 bridgehead atoms. The van der Waals surface area contributed by atoms with Gasteiger partial charge in [0.2, 0.25) is 0 Å². The minimum absolute atomic E-state index is 0.242. The lowest BCUT2D eigenvalue weighted by atomic mass is 10.1. The Balaban J connectivity index is 1.88. The van der Waals surface area contributed by atoms with Gasteiger partial charge in [-0.3, -0.25) is 0 Å². The number of halogens is 2. The van der Waals surface area contributed by atoms with Crippen LogP contribution in [0, 0.1) is 0 Å². The van der Waals surface area contributed by atoms with E-state index in [4.69, 9.17) is 28.9 Å². The van der Waals surface area contributed by atoms with Crippen LogP contribution >= 0.6 is 23.2 Å². The number of hydrogen-bond acceptors (Lipinski definition) is 2. The van der Waals surface area contributed by atoms with Crippen molar-refractivity contribution in [1.29, 1.82) is 0 Å². The van der Waals surface area contributed by atoms with Crippen molar-refractivity contribution in [3.05, 3.63) is 69.7 Å². The second-order valence-electron chi connectivity index (χ2n) is 4.77. The lowest BCUT2D eigenvalue weighted by Crippen LogP contribution is -2.37. The molecule has 2 aromatic carbocycles. The molecule has 106 valence electrons. The molecule has 0 heterocycles.